The fourth-order valence-corrected chi connectivity index (χ4v) is 4.73. The molecule has 0 aromatic heterocycles. The first-order chi connectivity index (χ1) is 15.1. The van der Waals surface area contributed by atoms with Crippen molar-refractivity contribution in [3.63, 3.8) is 0 Å². The molecule has 2 aliphatic heterocycles. The standard InChI is InChI=1S/C24H19ClN2O3S/c1-31-19-13-7-15(8-14-19)21-20-22(30-27(21)18-11-9-16(25)10-12-18)24(29)26(23(20)28)17-5-3-2-4-6-17/h2-14,20-22H,1H3. The largest absolute Gasteiger partial charge is 0.273 e. The van der Waals surface area contributed by atoms with Crippen molar-refractivity contribution in [1.29, 1.82) is 0 Å². The van der Waals surface area contributed by atoms with Gasteiger partial charge >= 0.3 is 0 Å². The highest BCUT2D eigenvalue weighted by atomic mass is 35.5. The first-order valence-electron chi connectivity index (χ1n) is 9.87. The van der Waals surface area contributed by atoms with Gasteiger partial charge in [0.25, 0.3) is 5.91 Å². The highest BCUT2D eigenvalue weighted by Gasteiger charge is 2.60. The highest BCUT2D eigenvalue weighted by molar-refractivity contribution is 7.98. The van der Waals surface area contributed by atoms with Crippen molar-refractivity contribution in [1.82, 2.24) is 0 Å². The Hall–Kier alpha value is -2.80. The van der Waals surface area contributed by atoms with Gasteiger partial charge in [0.1, 0.15) is 5.92 Å². The van der Waals surface area contributed by atoms with Crippen LogP contribution in [0.5, 0.6) is 0 Å². The summed E-state index contributed by atoms with van der Waals surface area (Å²) in [6.45, 7) is 0. The van der Waals surface area contributed by atoms with Gasteiger partial charge in [0.15, 0.2) is 6.10 Å². The third-order valence-electron chi connectivity index (χ3n) is 5.67. The Morgan fingerprint density at radius 1 is 0.839 bits per heavy atom. The number of para-hydroxylation sites is 1. The molecule has 7 heteroatoms. The summed E-state index contributed by atoms with van der Waals surface area (Å²) in [5, 5.41) is 2.28. The lowest BCUT2D eigenvalue weighted by molar-refractivity contribution is -0.126. The predicted octanol–water partition coefficient (Wildman–Crippen LogP) is 5.11. The molecule has 31 heavy (non-hydrogen) atoms. The molecule has 156 valence electrons. The van der Waals surface area contributed by atoms with Crippen molar-refractivity contribution in [2.75, 3.05) is 16.2 Å². The Bertz CT molecular complexity index is 1120. The van der Waals surface area contributed by atoms with Crippen molar-refractivity contribution in [3.8, 4) is 0 Å². The number of fused-ring (bicyclic) bond motifs is 1. The van der Waals surface area contributed by atoms with Crippen LogP contribution in [0.15, 0.2) is 83.8 Å². The lowest BCUT2D eigenvalue weighted by Crippen LogP contribution is -2.37. The van der Waals surface area contributed by atoms with Crippen LogP contribution in [0, 0.1) is 5.92 Å². The lowest BCUT2D eigenvalue weighted by Gasteiger charge is -2.29. The number of thioether (sulfide) groups is 1. The minimum Gasteiger partial charge on any atom is -0.273 e. The summed E-state index contributed by atoms with van der Waals surface area (Å²) in [4.78, 5) is 35.3. The molecular weight excluding hydrogens is 432 g/mol. The Kier molecular flexibility index (Phi) is 5.22. The molecule has 2 fully saturated rings. The van der Waals surface area contributed by atoms with Crippen LogP contribution >= 0.6 is 23.4 Å². The van der Waals surface area contributed by atoms with Gasteiger partial charge in [-0.15, -0.1) is 11.8 Å². The van der Waals surface area contributed by atoms with Crippen molar-refractivity contribution < 1.29 is 14.4 Å². The van der Waals surface area contributed by atoms with Gasteiger partial charge in [-0.1, -0.05) is 41.9 Å². The highest BCUT2D eigenvalue weighted by Crippen LogP contribution is 2.47. The average Bonchev–Trinajstić information content (AvgIpc) is 3.31. The first kappa shape index (κ1) is 20.1. The Morgan fingerprint density at radius 2 is 1.52 bits per heavy atom. The summed E-state index contributed by atoms with van der Waals surface area (Å²) in [6.07, 6.45) is 1.13. The van der Waals surface area contributed by atoms with Gasteiger partial charge in [-0.3, -0.25) is 14.4 Å². The van der Waals surface area contributed by atoms with Crippen LogP contribution in [-0.4, -0.2) is 24.2 Å². The first-order valence-corrected chi connectivity index (χ1v) is 11.5. The van der Waals surface area contributed by atoms with Gasteiger partial charge in [-0.05, 0) is 60.4 Å². The van der Waals surface area contributed by atoms with E-state index in [4.69, 9.17) is 16.4 Å². The maximum Gasteiger partial charge on any atom is 0.266 e. The van der Waals surface area contributed by atoms with E-state index < -0.39 is 18.1 Å². The third kappa shape index (κ3) is 3.41. The number of carbonyl (C=O) groups excluding carboxylic acids is 2. The maximum absolute atomic E-state index is 13.5. The molecule has 0 N–H and O–H groups in total. The number of anilines is 2. The number of carbonyl (C=O) groups is 2. The van der Waals surface area contributed by atoms with Crippen LogP contribution in [0.3, 0.4) is 0 Å². The normalized spacial score (nSPS) is 22.8. The molecule has 2 saturated heterocycles. The van der Waals surface area contributed by atoms with E-state index in [2.05, 4.69) is 0 Å². The van der Waals surface area contributed by atoms with E-state index in [1.165, 1.54) is 4.90 Å². The van der Waals surface area contributed by atoms with Gasteiger partial charge in [-0.25, -0.2) is 9.96 Å². The molecule has 3 atom stereocenters. The molecule has 3 aromatic rings. The molecule has 0 aliphatic carbocycles. The topological polar surface area (TPSA) is 49.9 Å². The molecule has 2 amide bonds. The predicted molar refractivity (Wildman–Crippen MR) is 122 cm³/mol. The second kappa shape index (κ2) is 8.04. The molecule has 5 nitrogen and oxygen atoms in total. The molecule has 0 bridgehead atoms. The summed E-state index contributed by atoms with van der Waals surface area (Å²) in [6, 6.07) is 23.8. The number of rotatable bonds is 4. The molecule has 0 saturated carbocycles. The fourth-order valence-electron chi connectivity index (χ4n) is 4.20. The van der Waals surface area contributed by atoms with Crippen LogP contribution in [0.2, 0.25) is 5.02 Å². The minimum atomic E-state index is -0.881. The van der Waals surface area contributed by atoms with Crippen LogP contribution in [0.25, 0.3) is 0 Å². The number of hydroxylamine groups is 1. The number of amides is 2. The number of halogens is 1. The Morgan fingerprint density at radius 3 is 2.16 bits per heavy atom. The zero-order valence-electron chi connectivity index (χ0n) is 16.6. The van der Waals surface area contributed by atoms with Gasteiger partial charge < -0.3 is 0 Å². The maximum atomic E-state index is 13.5. The number of hydrogen-bond acceptors (Lipinski definition) is 5. The smallest absolute Gasteiger partial charge is 0.266 e. The van der Waals surface area contributed by atoms with Crippen LogP contribution in [0.4, 0.5) is 11.4 Å². The quantitative estimate of drug-likeness (QED) is 0.408. The van der Waals surface area contributed by atoms with Gasteiger partial charge in [0.2, 0.25) is 5.91 Å². The molecule has 2 heterocycles. The minimum absolute atomic E-state index is 0.253. The number of nitrogens with zero attached hydrogens (tertiary/aromatic N) is 2. The second-order valence-electron chi connectivity index (χ2n) is 7.42. The van der Waals surface area contributed by atoms with Crippen LogP contribution < -0.4 is 9.96 Å². The number of imide groups is 1. The summed E-state index contributed by atoms with van der Waals surface area (Å²) in [5.41, 5.74) is 2.21. The van der Waals surface area contributed by atoms with Gasteiger partial charge in [-0.2, -0.15) is 0 Å². The SMILES string of the molecule is CSc1ccc(C2C3C(=O)N(c4ccccc4)C(=O)C3ON2c2ccc(Cl)cc2)cc1. The Balaban J connectivity index is 1.58. The van der Waals surface area contributed by atoms with E-state index >= 15 is 0 Å². The van der Waals surface area contributed by atoms with Gasteiger partial charge in [0.05, 0.1) is 17.4 Å². The second-order valence-corrected chi connectivity index (χ2v) is 8.74. The van der Waals surface area contributed by atoms with E-state index in [-0.39, 0.29) is 11.8 Å². The van der Waals surface area contributed by atoms with Gasteiger partial charge in [0, 0.05) is 9.92 Å². The summed E-state index contributed by atoms with van der Waals surface area (Å²) >= 11 is 7.71. The summed E-state index contributed by atoms with van der Waals surface area (Å²) < 4.78 is 0. The number of hydrogen-bond donors (Lipinski definition) is 0. The van der Waals surface area contributed by atoms with E-state index in [9.17, 15) is 9.59 Å². The van der Waals surface area contributed by atoms with Crippen LogP contribution in [0.1, 0.15) is 11.6 Å². The monoisotopic (exact) mass is 450 g/mol. The van der Waals surface area contributed by atoms with E-state index in [0.717, 1.165) is 16.1 Å². The third-order valence-corrected chi connectivity index (χ3v) is 6.66. The Labute approximate surface area is 189 Å². The van der Waals surface area contributed by atoms with E-state index in [1.54, 1.807) is 41.1 Å². The molecule has 3 unspecified atom stereocenters. The van der Waals surface area contributed by atoms with Crippen molar-refractivity contribution >= 4 is 46.6 Å². The molecule has 3 aromatic carbocycles. The number of benzene rings is 3. The van der Waals surface area contributed by atoms with E-state index in [1.807, 2.05) is 60.9 Å². The van der Waals surface area contributed by atoms with Crippen molar-refractivity contribution in [3.05, 3.63) is 89.4 Å². The molecule has 0 spiro atoms. The summed E-state index contributed by atoms with van der Waals surface area (Å²) in [5.74, 6) is -1.25. The average molecular weight is 451 g/mol. The molecule has 5 rings (SSSR count). The van der Waals surface area contributed by atoms with Crippen LogP contribution in [-0.2, 0) is 14.4 Å². The molecular formula is C24H19ClN2O3S. The van der Waals surface area contributed by atoms with E-state index in [0.29, 0.717) is 10.7 Å². The lowest BCUT2D eigenvalue weighted by atomic mass is 9.90. The van der Waals surface area contributed by atoms with Crippen molar-refractivity contribution in [2.24, 2.45) is 5.92 Å². The zero-order valence-corrected chi connectivity index (χ0v) is 18.2. The fraction of sp³-hybridized carbons (Fsp3) is 0.167. The summed E-state index contributed by atoms with van der Waals surface area (Å²) in [7, 11) is 0. The molecule has 0 radical (unpaired) electrons. The van der Waals surface area contributed by atoms with Crippen molar-refractivity contribution in [2.45, 2.75) is 17.0 Å². The molecule has 2 aliphatic rings. The zero-order chi connectivity index (χ0) is 21.5.